The van der Waals surface area contributed by atoms with Crippen molar-refractivity contribution in [3.8, 4) is 0 Å². The maximum absolute atomic E-state index is 12.5. The molecule has 2 aromatic heterocycles. The first-order valence-electron chi connectivity index (χ1n) is 10.8. The van der Waals surface area contributed by atoms with Gasteiger partial charge in [-0.2, -0.15) is 4.98 Å². The van der Waals surface area contributed by atoms with Crippen LogP contribution in [-0.2, 0) is 10.0 Å². The van der Waals surface area contributed by atoms with Crippen LogP contribution in [0, 0.1) is 5.92 Å². The molecule has 3 aromatic rings. The number of fused-ring (bicyclic) bond motifs is 1. The summed E-state index contributed by atoms with van der Waals surface area (Å²) in [4.78, 5) is 9.37. The molecule has 1 aromatic carbocycles. The van der Waals surface area contributed by atoms with E-state index >= 15 is 0 Å². The fourth-order valence-corrected chi connectivity index (χ4v) is 4.97. The van der Waals surface area contributed by atoms with Gasteiger partial charge in [0.2, 0.25) is 16.0 Å². The van der Waals surface area contributed by atoms with Gasteiger partial charge in [-0.1, -0.05) is 6.07 Å². The Kier molecular flexibility index (Phi) is 6.55. The third-order valence-corrected chi connectivity index (χ3v) is 8.52. The number of nitrogens with one attached hydrogen (secondary N) is 4. The topological polar surface area (TPSA) is 108 Å². The molecule has 0 aliphatic carbocycles. The van der Waals surface area contributed by atoms with Crippen molar-refractivity contribution in [2.45, 2.75) is 38.4 Å². The Bertz CT molecular complexity index is 1180. The van der Waals surface area contributed by atoms with Crippen molar-refractivity contribution in [3.63, 3.8) is 0 Å². The Morgan fingerprint density at radius 2 is 1.88 bits per heavy atom. The summed E-state index contributed by atoms with van der Waals surface area (Å²) in [6, 6.07) is 9.19. The Morgan fingerprint density at radius 1 is 1.12 bits per heavy atom. The van der Waals surface area contributed by atoms with Gasteiger partial charge in [-0.3, -0.25) is 4.72 Å². The summed E-state index contributed by atoms with van der Waals surface area (Å²) in [5, 5.41) is 12.1. The minimum absolute atomic E-state index is 0.505. The van der Waals surface area contributed by atoms with E-state index in [1.807, 2.05) is 23.6 Å². The molecular formula is C22H30N6O2S2. The predicted molar refractivity (Wildman–Crippen MR) is 134 cm³/mol. The first kappa shape index (κ1) is 22.8. The predicted octanol–water partition coefficient (Wildman–Crippen LogP) is 4.39. The smallest absolute Gasteiger partial charge is 0.237 e. The first-order chi connectivity index (χ1) is 15.2. The molecule has 4 N–H and O–H groups in total. The number of rotatable bonds is 7. The van der Waals surface area contributed by atoms with Crippen LogP contribution in [0.4, 0.5) is 23.1 Å². The number of thiophene rings is 1. The Morgan fingerprint density at radius 3 is 2.62 bits per heavy atom. The van der Waals surface area contributed by atoms with Gasteiger partial charge in [0.05, 0.1) is 20.7 Å². The van der Waals surface area contributed by atoms with Crippen LogP contribution in [0.5, 0.6) is 0 Å². The number of sulfonamides is 1. The van der Waals surface area contributed by atoms with E-state index in [1.165, 1.54) is 0 Å². The average Bonchev–Trinajstić information content (AvgIpc) is 3.21. The molecule has 172 valence electrons. The van der Waals surface area contributed by atoms with Gasteiger partial charge in [-0.25, -0.2) is 13.4 Å². The molecular weight excluding hydrogens is 444 g/mol. The standard InChI is InChI=1S/C22H30N6O2S2/c1-22(2,3)32(29,30)28-17-6-4-5-16(13-17)25-20-19-18(9-12-31-19)26-21(27-20)24-14-15-7-10-23-11-8-15/h4-6,9,12-13,15,23,28H,7-8,10-11,14H2,1-3H3,(H2,24,25,26,27). The molecule has 1 aliphatic rings. The molecule has 0 spiro atoms. The molecule has 8 nitrogen and oxygen atoms in total. The summed E-state index contributed by atoms with van der Waals surface area (Å²) in [5.74, 6) is 1.91. The normalized spacial score (nSPS) is 15.6. The lowest BCUT2D eigenvalue weighted by molar-refractivity contribution is 0.389. The lowest BCUT2D eigenvalue weighted by Gasteiger charge is -2.22. The van der Waals surface area contributed by atoms with Gasteiger partial charge in [0.1, 0.15) is 0 Å². The van der Waals surface area contributed by atoms with Crippen LogP contribution in [0.1, 0.15) is 33.6 Å². The summed E-state index contributed by atoms with van der Waals surface area (Å²) in [6.45, 7) is 7.97. The lowest BCUT2D eigenvalue weighted by atomic mass is 9.98. The Balaban J connectivity index is 1.54. The van der Waals surface area contributed by atoms with E-state index in [0.717, 1.165) is 48.4 Å². The van der Waals surface area contributed by atoms with E-state index in [4.69, 9.17) is 4.98 Å². The first-order valence-corrected chi connectivity index (χ1v) is 13.2. The van der Waals surface area contributed by atoms with Crippen molar-refractivity contribution in [1.29, 1.82) is 0 Å². The quantitative estimate of drug-likeness (QED) is 0.402. The minimum Gasteiger partial charge on any atom is -0.354 e. The van der Waals surface area contributed by atoms with Crippen LogP contribution >= 0.6 is 11.3 Å². The zero-order valence-electron chi connectivity index (χ0n) is 18.6. The van der Waals surface area contributed by atoms with Crippen LogP contribution in [0.2, 0.25) is 0 Å². The van der Waals surface area contributed by atoms with Crippen molar-refractivity contribution in [1.82, 2.24) is 15.3 Å². The summed E-state index contributed by atoms with van der Waals surface area (Å²) in [5.41, 5.74) is 2.13. The van der Waals surface area contributed by atoms with Gasteiger partial charge >= 0.3 is 0 Å². The molecule has 0 unspecified atom stereocenters. The second-order valence-electron chi connectivity index (χ2n) is 9.03. The van der Waals surface area contributed by atoms with Crippen molar-refractivity contribution in [2.24, 2.45) is 5.92 Å². The van der Waals surface area contributed by atoms with E-state index in [2.05, 4.69) is 25.7 Å². The highest BCUT2D eigenvalue weighted by Crippen LogP contribution is 2.31. The van der Waals surface area contributed by atoms with E-state index in [-0.39, 0.29) is 0 Å². The molecule has 32 heavy (non-hydrogen) atoms. The molecule has 1 aliphatic heterocycles. The minimum atomic E-state index is -3.51. The summed E-state index contributed by atoms with van der Waals surface area (Å²) in [6.07, 6.45) is 2.30. The lowest BCUT2D eigenvalue weighted by Crippen LogP contribution is -2.33. The van der Waals surface area contributed by atoms with Crippen molar-refractivity contribution in [3.05, 3.63) is 35.7 Å². The molecule has 0 bridgehead atoms. The summed E-state index contributed by atoms with van der Waals surface area (Å²) < 4.78 is 27.8. The number of aromatic nitrogens is 2. The maximum Gasteiger partial charge on any atom is 0.237 e. The fourth-order valence-electron chi connectivity index (χ4n) is 3.45. The average molecular weight is 475 g/mol. The zero-order chi connectivity index (χ0) is 22.8. The van der Waals surface area contributed by atoms with Crippen LogP contribution in [-0.4, -0.2) is 42.8 Å². The maximum atomic E-state index is 12.5. The Labute approximate surface area is 193 Å². The molecule has 1 saturated heterocycles. The molecule has 1 fully saturated rings. The number of hydrogen-bond donors (Lipinski definition) is 4. The molecule has 3 heterocycles. The third kappa shape index (κ3) is 5.31. The number of piperidine rings is 1. The van der Waals surface area contributed by atoms with E-state index < -0.39 is 14.8 Å². The van der Waals surface area contributed by atoms with Gasteiger partial charge in [0.25, 0.3) is 0 Å². The van der Waals surface area contributed by atoms with E-state index in [0.29, 0.717) is 23.4 Å². The van der Waals surface area contributed by atoms with E-state index in [1.54, 1.807) is 44.2 Å². The van der Waals surface area contributed by atoms with Gasteiger partial charge in [0.15, 0.2) is 5.82 Å². The number of nitrogens with zero attached hydrogens (tertiary/aromatic N) is 2. The molecule has 10 heteroatoms. The van der Waals surface area contributed by atoms with Gasteiger partial charge in [0, 0.05) is 12.2 Å². The monoisotopic (exact) mass is 474 g/mol. The third-order valence-electron chi connectivity index (χ3n) is 5.49. The van der Waals surface area contributed by atoms with Crippen molar-refractivity contribution in [2.75, 3.05) is 35.0 Å². The number of anilines is 4. The largest absolute Gasteiger partial charge is 0.354 e. The highest BCUT2D eigenvalue weighted by atomic mass is 32.2. The second kappa shape index (κ2) is 9.21. The van der Waals surface area contributed by atoms with Gasteiger partial charge < -0.3 is 16.0 Å². The molecule has 4 rings (SSSR count). The van der Waals surface area contributed by atoms with Gasteiger partial charge in [-0.15, -0.1) is 11.3 Å². The van der Waals surface area contributed by atoms with Crippen molar-refractivity contribution < 1.29 is 8.42 Å². The summed E-state index contributed by atoms with van der Waals surface area (Å²) in [7, 11) is -3.51. The highest BCUT2D eigenvalue weighted by molar-refractivity contribution is 7.94. The summed E-state index contributed by atoms with van der Waals surface area (Å²) >= 11 is 1.57. The number of benzene rings is 1. The fraction of sp³-hybridized carbons (Fsp3) is 0.455. The molecule has 0 saturated carbocycles. The van der Waals surface area contributed by atoms with Crippen LogP contribution in [0.3, 0.4) is 0 Å². The molecule has 0 amide bonds. The SMILES string of the molecule is CC(C)(C)S(=O)(=O)Nc1cccc(Nc2nc(NCC3CCNCC3)nc3ccsc23)c1. The van der Waals surface area contributed by atoms with E-state index in [9.17, 15) is 8.42 Å². The van der Waals surface area contributed by atoms with Crippen molar-refractivity contribution >= 4 is 54.7 Å². The number of hydrogen-bond acceptors (Lipinski definition) is 8. The molecule has 0 atom stereocenters. The zero-order valence-corrected chi connectivity index (χ0v) is 20.2. The molecule has 0 radical (unpaired) electrons. The van der Waals surface area contributed by atoms with Gasteiger partial charge in [-0.05, 0) is 82.3 Å². The Hall–Kier alpha value is -2.43. The van der Waals surface area contributed by atoms with Crippen LogP contribution < -0.4 is 20.7 Å². The van der Waals surface area contributed by atoms with Crippen LogP contribution in [0.25, 0.3) is 10.2 Å². The second-order valence-corrected chi connectivity index (χ2v) is 12.4. The van der Waals surface area contributed by atoms with Crippen LogP contribution in [0.15, 0.2) is 35.7 Å². The highest BCUT2D eigenvalue weighted by Gasteiger charge is 2.28.